The van der Waals surface area contributed by atoms with Crippen LogP contribution < -0.4 is 11.1 Å². The van der Waals surface area contributed by atoms with Crippen LogP contribution >= 0.6 is 11.6 Å². The van der Waals surface area contributed by atoms with Crippen molar-refractivity contribution in [3.8, 4) is 0 Å². The number of nitrogen functional groups attached to an aromatic ring is 1. The summed E-state index contributed by atoms with van der Waals surface area (Å²) in [5, 5.41) is 2.66. The van der Waals surface area contributed by atoms with E-state index in [9.17, 15) is 14.4 Å². The van der Waals surface area contributed by atoms with Gasteiger partial charge in [0.05, 0.1) is 22.8 Å². The normalized spacial score (nSPS) is 9.86. The van der Waals surface area contributed by atoms with Crippen LogP contribution in [0.3, 0.4) is 0 Å². The van der Waals surface area contributed by atoms with Crippen LogP contribution in [0.4, 0.5) is 5.69 Å². The molecule has 0 spiro atoms. The highest BCUT2D eigenvalue weighted by molar-refractivity contribution is 6.33. The van der Waals surface area contributed by atoms with Crippen molar-refractivity contribution < 1.29 is 19.1 Å². The van der Waals surface area contributed by atoms with E-state index in [0.29, 0.717) is 5.02 Å². The first kappa shape index (κ1) is 16.8. The number of likely N-dealkylation sites (N-methyl/N-ethyl adjacent to an activating group) is 1. The van der Waals surface area contributed by atoms with Crippen molar-refractivity contribution >= 4 is 35.1 Å². The van der Waals surface area contributed by atoms with Crippen LogP contribution in [-0.2, 0) is 14.3 Å². The fraction of sp³-hybridized carbons (Fsp3) is 0.308. The molecule has 0 heterocycles. The number of carbonyl (C=O) groups excluding carboxylic acids is 3. The highest BCUT2D eigenvalue weighted by Gasteiger charge is 2.12. The van der Waals surface area contributed by atoms with Crippen LogP contribution in [0.15, 0.2) is 18.2 Å². The molecule has 3 N–H and O–H groups in total. The average Bonchev–Trinajstić information content (AvgIpc) is 2.44. The maximum Gasteiger partial charge on any atom is 0.338 e. The molecule has 21 heavy (non-hydrogen) atoms. The summed E-state index contributed by atoms with van der Waals surface area (Å²) in [6, 6.07) is 4.26. The van der Waals surface area contributed by atoms with Crippen LogP contribution in [0.25, 0.3) is 0 Å². The molecule has 1 rings (SSSR count). The zero-order chi connectivity index (χ0) is 16.0. The Morgan fingerprint density at radius 2 is 2.00 bits per heavy atom. The SMILES string of the molecule is CN(C)C(=O)CNC(=O)COC(=O)c1ccc(Cl)c(N)c1. The van der Waals surface area contributed by atoms with E-state index in [4.69, 9.17) is 22.1 Å². The van der Waals surface area contributed by atoms with E-state index in [2.05, 4.69) is 5.32 Å². The Morgan fingerprint density at radius 3 is 2.57 bits per heavy atom. The third kappa shape index (κ3) is 5.31. The van der Waals surface area contributed by atoms with Crippen molar-refractivity contribution in [1.82, 2.24) is 10.2 Å². The van der Waals surface area contributed by atoms with E-state index in [1.807, 2.05) is 0 Å². The molecular weight excluding hydrogens is 298 g/mol. The number of nitrogens with two attached hydrogens (primary N) is 1. The molecule has 0 saturated heterocycles. The number of rotatable bonds is 5. The molecule has 0 aliphatic heterocycles. The third-order valence-corrected chi connectivity index (χ3v) is 2.85. The van der Waals surface area contributed by atoms with Crippen molar-refractivity contribution in [3.05, 3.63) is 28.8 Å². The first-order valence-corrected chi connectivity index (χ1v) is 6.38. The van der Waals surface area contributed by atoms with Gasteiger partial charge < -0.3 is 20.7 Å². The number of ether oxygens (including phenoxy) is 1. The maximum absolute atomic E-state index is 11.7. The van der Waals surface area contributed by atoms with Gasteiger partial charge in [-0.25, -0.2) is 4.79 Å². The largest absolute Gasteiger partial charge is 0.452 e. The molecule has 0 bridgehead atoms. The highest BCUT2D eigenvalue weighted by Crippen LogP contribution is 2.19. The highest BCUT2D eigenvalue weighted by atomic mass is 35.5. The standard InChI is InChI=1S/C13H16ClN3O4/c1-17(2)12(19)6-16-11(18)7-21-13(20)8-3-4-9(14)10(15)5-8/h3-5H,6-7,15H2,1-2H3,(H,16,18). The Labute approximate surface area is 127 Å². The van der Waals surface area contributed by atoms with Gasteiger partial charge in [0.1, 0.15) is 0 Å². The van der Waals surface area contributed by atoms with Gasteiger partial charge in [-0.1, -0.05) is 11.6 Å². The van der Waals surface area contributed by atoms with Crippen molar-refractivity contribution in [2.75, 3.05) is 33.0 Å². The number of nitrogens with one attached hydrogen (secondary N) is 1. The van der Waals surface area contributed by atoms with Crippen molar-refractivity contribution in [1.29, 1.82) is 0 Å². The second-order valence-corrected chi connectivity index (χ2v) is 4.78. The zero-order valence-corrected chi connectivity index (χ0v) is 12.4. The average molecular weight is 314 g/mol. The van der Waals surface area contributed by atoms with Crippen LogP contribution in [0, 0.1) is 0 Å². The second-order valence-electron chi connectivity index (χ2n) is 4.38. The van der Waals surface area contributed by atoms with Gasteiger partial charge in [0.15, 0.2) is 6.61 Å². The lowest BCUT2D eigenvalue weighted by Crippen LogP contribution is -2.38. The van der Waals surface area contributed by atoms with Gasteiger partial charge in [0.25, 0.3) is 5.91 Å². The number of carbonyl (C=O) groups is 3. The van der Waals surface area contributed by atoms with E-state index in [1.165, 1.54) is 23.1 Å². The van der Waals surface area contributed by atoms with Crippen molar-refractivity contribution in [3.63, 3.8) is 0 Å². The van der Waals surface area contributed by atoms with Gasteiger partial charge in [0.2, 0.25) is 5.91 Å². The lowest BCUT2D eigenvalue weighted by atomic mass is 10.2. The molecule has 7 nitrogen and oxygen atoms in total. The van der Waals surface area contributed by atoms with Gasteiger partial charge in [-0.05, 0) is 18.2 Å². The molecule has 0 unspecified atom stereocenters. The lowest BCUT2D eigenvalue weighted by Gasteiger charge is -2.11. The second kappa shape index (κ2) is 7.49. The Balaban J connectivity index is 2.44. The summed E-state index contributed by atoms with van der Waals surface area (Å²) in [6.45, 7) is -0.640. The molecule has 1 aromatic carbocycles. The molecular formula is C13H16ClN3O4. The molecule has 1 aromatic rings. The Bertz CT molecular complexity index is 560. The lowest BCUT2D eigenvalue weighted by molar-refractivity contribution is -0.131. The maximum atomic E-state index is 11.7. The van der Waals surface area contributed by atoms with E-state index < -0.39 is 18.5 Å². The molecule has 0 atom stereocenters. The summed E-state index contributed by atoms with van der Waals surface area (Å²) >= 11 is 5.73. The molecule has 8 heteroatoms. The number of esters is 1. The molecule has 0 radical (unpaired) electrons. The van der Waals surface area contributed by atoms with E-state index in [-0.39, 0.29) is 23.7 Å². The van der Waals surface area contributed by atoms with Gasteiger partial charge in [-0.2, -0.15) is 0 Å². The van der Waals surface area contributed by atoms with Gasteiger partial charge in [-0.3, -0.25) is 9.59 Å². The van der Waals surface area contributed by atoms with Gasteiger partial charge in [0, 0.05) is 14.1 Å². The van der Waals surface area contributed by atoms with Crippen LogP contribution in [0.5, 0.6) is 0 Å². The van der Waals surface area contributed by atoms with Gasteiger partial charge >= 0.3 is 5.97 Å². The van der Waals surface area contributed by atoms with Crippen molar-refractivity contribution in [2.24, 2.45) is 0 Å². The van der Waals surface area contributed by atoms with Gasteiger partial charge in [-0.15, -0.1) is 0 Å². The summed E-state index contributed by atoms with van der Waals surface area (Å²) < 4.78 is 4.80. The third-order valence-electron chi connectivity index (χ3n) is 2.50. The summed E-state index contributed by atoms with van der Waals surface area (Å²) in [4.78, 5) is 35.7. The predicted octanol–water partition coefficient (Wildman–Crippen LogP) is 0.283. The monoisotopic (exact) mass is 313 g/mol. The minimum atomic E-state index is -0.701. The predicted molar refractivity (Wildman–Crippen MR) is 77.9 cm³/mol. The molecule has 114 valence electrons. The first-order chi connectivity index (χ1) is 9.81. The summed E-state index contributed by atoms with van der Waals surface area (Å²) in [6.07, 6.45) is 0. The fourth-order valence-electron chi connectivity index (χ4n) is 1.27. The Kier molecular flexibility index (Phi) is 5.98. The minimum Gasteiger partial charge on any atom is -0.452 e. The van der Waals surface area contributed by atoms with Crippen LogP contribution in [-0.4, -0.2) is 49.9 Å². The van der Waals surface area contributed by atoms with E-state index >= 15 is 0 Å². The smallest absolute Gasteiger partial charge is 0.338 e. The Hall–Kier alpha value is -2.28. The fourth-order valence-corrected chi connectivity index (χ4v) is 1.39. The molecule has 2 amide bonds. The quantitative estimate of drug-likeness (QED) is 0.600. The summed E-state index contributed by atoms with van der Waals surface area (Å²) in [5.41, 5.74) is 5.99. The number of anilines is 1. The number of halogens is 1. The molecule has 0 aliphatic rings. The van der Waals surface area contributed by atoms with E-state index in [0.717, 1.165) is 0 Å². The van der Waals surface area contributed by atoms with E-state index in [1.54, 1.807) is 14.1 Å². The number of nitrogens with zero attached hydrogens (tertiary/aromatic N) is 1. The number of amides is 2. The summed E-state index contributed by atoms with van der Waals surface area (Å²) in [5.74, 6) is -1.53. The molecule has 0 aromatic heterocycles. The topological polar surface area (TPSA) is 102 Å². The number of benzene rings is 1. The number of hydrogen-bond donors (Lipinski definition) is 2. The zero-order valence-electron chi connectivity index (χ0n) is 11.7. The van der Waals surface area contributed by atoms with Crippen LogP contribution in [0.1, 0.15) is 10.4 Å². The van der Waals surface area contributed by atoms with Crippen molar-refractivity contribution in [2.45, 2.75) is 0 Å². The minimum absolute atomic E-state index is 0.155. The summed E-state index contributed by atoms with van der Waals surface area (Å²) in [7, 11) is 3.14. The molecule has 0 aliphatic carbocycles. The van der Waals surface area contributed by atoms with Crippen LogP contribution in [0.2, 0.25) is 5.02 Å². The molecule has 0 saturated carbocycles. The number of hydrogen-bond acceptors (Lipinski definition) is 5. The first-order valence-electron chi connectivity index (χ1n) is 6.00. The Morgan fingerprint density at radius 1 is 1.33 bits per heavy atom. The molecule has 0 fully saturated rings.